The summed E-state index contributed by atoms with van der Waals surface area (Å²) in [5.74, 6) is 0.0142. The number of nitrogens with zero attached hydrogens (tertiary/aromatic N) is 2. The van der Waals surface area contributed by atoms with Crippen LogP contribution in [0.4, 0.5) is 5.69 Å². The van der Waals surface area contributed by atoms with E-state index >= 15 is 0 Å². The number of rotatable bonds is 2. The number of imidazole rings is 1. The largest absolute Gasteiger partial charge is 0.476 e. The van der Waals surface area contributed by atoms with Gasteiger partial charge in [-0.3, -0.25) is 0 Å². The van der Waals surface area contributed by atoms with Gasteiger partial charge in [-0.2, -0.15) is 0 Å². The van der Waals surface area contributed by atoms with Crippen LogP contribution in [0.1, 0.15) is 35.1 Å². The molecule has 0 radical (unpaired) electrons. The number of hydrogen-bond acceptors (Lipinski definition) is 4. The second-order valence-corrected chi connectivity index (χ2v) is 4.88. The second kappa shape index (κ2) is 4.55. The maximum atomic E-state index is 11.3. The molecule has 0 amide bonds. The summed E-state index contributed by atoms with van der Waals surface area (Å²) in [7, 11) is 0. The lowest BCUT2D eigenvalue weighted by Gasteiger charge is -2.21. The first-order valence-electron chi connectivity index (χ1n) is 6.38. The Morgan fingerprint density at radius 2 is 2.37 bits per heavy atom. The van der Waals surface area contributed by atoms with Crippen LogP contribution in [0.25, 0.3) is 5.52 Å². The van der Waals surface area contributed by atoms with Crippen LogP contribution in [0.15, 0.2) is 18.3 Å². The van der Waals surface area contributed by atoms with Gasteiger partial charge in [-0.15, -0.1) is 0 Å². The molecule has 6 nitrogen and oxygen atoms in total. The minimum Gasteiger partial charge on any atom is -0.476 e. The summed E-state index contributed by atoms with van der Waals surface area (Å²) in [6.45, 7) is 1.83. The standard InChI is InChI=1S/C13H16N4O2/c14-9-3-4-10-11(13(18)19)16-12(17(10)7-9)8-2-1-5-15-6-8/h3-4,7-8,15H,1-2,5-6,14H2,(H,18,19). The Labute approximate surface area is 110 Å². The van der Waals surface area contributed by atoms with Crippen molar-refractivity contribution in [3.05, 3.63) is 29.8 Å². The van der Waals surface area contributed by atoms with Gasteiger partial charge in [-0.25, -0.2) is 9.78 Å². The quantitative estimate of drug-likeness (QED) is 0.751. The Balaban J connectivity index is 2.17. The molecule has 100 valence electrons. The summed E-state index contributed by atoms with van der Waals surface area (Å²) < 4.78 is 1.82. The molecule has 6 heteroatoms. The molecule has 0 aliphatic carbocycles. The van der Waals surface area contributed by atoms with Gasteiger partial charge in [0.1, 0.15) is 5.82 Å². The second-order valence-electron chi connectivity index (χ2n) is 4.88. The molecule has 1 saturated heterocycles. The lowest BCUT2D eigenvalue weighted by Crippen LogP contribution is -2.29. The van der Waals surface area contributed by atoms with E-state index in [-0.39, 0.29) is 11.6 Å². The number of aromatic nitrogens is 2. The number of hydrogen-bond donors (Lipinski definition) is 3. The van der Waals surface area contributed by atoms with Gasteiger partial charge in [-0.05, 0) is 31.5 Å². The van der Waals surface area contributed by atoms with Crippen molar-refractivity contribution in [3.8, 4) is 0 Å². The number of anilines is 1. The highest BCUT2D eigenvalue weighted by Crippen LogP contribution is 2.26. The summed E-state index contributed by atoms with van der Waals surface area (Å²) in [5, 5.41) is 12.6. The van der Waals surface area contributed by atoms with Crippen LogP contribution in [0.5, 0.6) is 0 Å². The SMILES string of the molecule is Nc1ccc2c(C(=O)O)nc(C3CCCNC3)n2c1. The molecule has 3 rings (SSSR count). The average Bonchev–Trinajstić information content (AvgIpc) is 2.78. The number of nitrogens with one attached hydrogen (secondary N) is 1. The fraction of sp³-hybridized carbons (Fsp3) is 0.385. The molecule has 2 aromatic rings. The minimum atomic E-state index is -1.00. The van der Waals surface area contributed by atoms with Crippen LogP contribution < -0.4 is 11.1 Å². The number of nitrogens with two attached hydrogens (primary N) is 1. The van der Waals surface area contributed by atoms with Crippen molar-refractivity contribution in [2.24, 2.45) is 0 Å². The lowest BCUT2D eigenvalue weighted by atomic mass is 9.99. The fourth-order valence-electron chi connectivity index (χ4n) is 2.64. The van der Waals surface area contributed by atoms with E-state index < -0.39 is 5.97 Å². The summed E-state index contributed by atoms with van der Waals surface area (Å²) in [6.07, 6.45) is 3.84. The maximum Gasteiger partial charge on any atom is 0.356 e. The fourth-order valence-corrected chi connectivity index (χ4v) is 2.64. The van der Waals surface area contributed by atoms with Gasteiger partial charge in [-0.1, -0.05) is 0 Å². The van der Waals surface area contributed by atoms with Gasteiger partial charge < -0.3 is 20.6 Å². The van der Waals surface area contributed by atoms with Gasteiger partial charge in [0.15, 0.2) is 5.69 Å². The van der Waals surface area contributed by atoms with Crippen LogP contribution in [0.2, 0.25) is 0 Å². The van der Waals surface area contributed by atoms with Gasteiger partial charge in [0.05, 0.1) is 5.52 Å². The van der Waals surface area contributed by atoms with Gasteiger partial charge in [0.2, 0.25) is 0 Å². The number of piperidine rings is 1. The molecule has 0 spiro atoms. The summed E-state index contributed by atoms with van der Waals surface area (Å²) in [5.41, 5.74) is 7.10. The van der Waals surface area contributed by atoms with Crippen molar-refractivity contribution < 1.29 is 9.90 Å². The topological polar surface area (TPSA) is 92.7 Å². The van der Waals surface area contributed by atoms with Crippen molar-refractivity contribution in [1.29, 1.82) is 0 Å². The molecule has 0 saturated carbocycles. The molecule has 0 bridgehead atoms. The molecule has 1 fully saturated rings. The Kier molecular flexibility index (Phi) is 2.87. The van der Waals surface area contributed by atoms with E-state index in [1.807, 2.05) is 4.40 Å². The third-order valence-electron chi connectivity index (χ3n) is 3.55. The smallest absolute Gasteiger partial charge is 0.356 e. The molecular formula is C13H16N4O2. The number of aromatic carboxylic acids is 1. The third-order valence-corrected chi connectivity index (χ3v) is 3.55. The first-order chi connectivity index (χ1) is 9.16. The highest BCUT2D eigenvalue weighted by molar-refractivity contribution is 5.93. The molecule has 0 aromatic carbocycles. The van der Waals surface area contributed by atoms with Crippen molar-refractivity contribution in [2.45, 2.75) is 18.8 Å². The van der Waals surface area contributed by atoms with Crippen molar-refractivity contribution in [1.82, 2.24) is 14.7 Å². The molecule has 1 unspecified atom stereocenters. The summed E-state index contributed by atoms with van der Waals surface area (Å²) in [6, 6.07) is 3.41. The Morgan fingerprint density at radius 3 is 3.05 bits per heavy atom. The number of nitrogen functional groups attached to an aromatic ring is 1. The maximum absolute atomic E-state index is 11.3. The number of carboxylic acids is 1. The first kappa shape index (κ1) is 12.0. The number of pyridine rings is 1. The van der Waals surface area contributed by atoms with Crippen LogP contribution >= 0.6 is 0 Å². The van der Waals surface area contributed by atoms with Crippen LogP contribution in [0.3, 0.4) is 0 Å². The van der Waals surface area contributed by atoms with E-state index in [1.54, 1.807) is 18.3 Å². The normalized spacial score (nSPS) is 19.7. The monoisotopic (exact) mass is 260 g/mol. The number of carboxylic acid groups (broad SMARTS) is 1. The highest BCUT2D eigenvalue weighted by atomic mass is 16.4. The number of fused-ring (bicyclic) bond motifs is 1. The van der Waals surface area contributed by atoms with E-state index in [4.69, 9.17) is 5.73 Å². The zero-order chi connectivity index (χ0) is 13.4. The minimum absolute atomic E-state index is 0.0978. The molecule has 4 N–H and O–H groups in total. The summed E-state index contributed by atoms with van der Waals surface area (Å²) in [4.78, 5) is 15.6. The van der Waals surface area contributed by atoms with E-state index in [0.717, 1.165) is 31.8 Å². The zero-order valence-corrected chi connectivity index (χ0v) is 10.5. The van der Waals surface area contributed by atoms with Gasteiger partial charge in [0, 0.05) is 24.3 Å². The van der Waals surface area contributed by atoms with Crippen LogP contribution in [0, 0.1) is 0 Å². The Bertz CT molecular complexity index is 629. The average molecular weight is 260 g/mol. The van der Waals surface area contributed by atoms with Crippen LogP contribution in [-0.4, -0.2) is 33.6 Å². The van der Waals surface area contributed by atoms with Gasteiger partial charge >= 0.3 is 5.97 Å². The predicted octanol–water partition coefficient (Wildman–Crippen LogP) is 1.08. The molecule has 2 aromatic heterocycles. The first-order valence-corrected chi connectivity index (χ1v) is 6.38. The Morgan fingerprint density at radius 1 is 1.53 bits per heavy atom. The van der Waals surface area contributed by atoms with E-state index in [2.05, 4.69) is 10.3 Å². The Hall–Kier alpha value is -2.08. The third kappa shape index (κ3) is 2.04. The molecule has 1 aliphatic rings. The summed E-state index contributed by atoms with van der Waals surface area (Å²) >= 11 is 0. The van der Waals surface area contributed by atoms with E-state index in [0.29, 0.717) is 11.2 Å². The highest BCUT2D eigenvalue weighted by Gasteiger charge is 2.24. The van der Waals surface area contributed by atoms with Crippen molar-refractivity contribution in [2.75, 3.05) is 18.8 Å². The van der Waals surface area contributed by atoms with Crippen molar-refractivity contribution >= 4 is 17.2 Å². The van der Waals surface area contributed by atoms with Crippen molar-refractivity contribution in [3.63, 3.8) is 0 Å². The van der Waals surface area contributed by atoms with E-state index in [1.165, 1.54) is 0 Å². The van der Waals surface area contributed by atoms with Crippen LogP contribution in [-0.2, 0) is 0 Å². The van der Waals surface area contributed by atoms with E-state index in [9.17, 15) is 9.90 Å². The van der Waals surface area contributed by atoms with Gasteiger partial charge in [0.25, 0.3) is 0 Å². The lowest BCUT2D eigenvalue weighted by molar-refractivity contribution is 0.0693. The predicted molar refractivity (Wildman–Crippen MR) is 71.4 cm³/mol. The molecule has 1 atom stereocenters. The molecule has 19 heavy (non-hydrogen) atoms. The molecule has 3 heterocycles. The molecular weight excluding hydrogens is 244 g/mol. The molecule has 1 aliphatic heterocycles. The zero-order valence-electron chi connectivity index (χ0n) is 10.5. The number of carbonyl (C=O) groups is 1.